The molecule has 3 nitrogen and oxygen atoms in total. The topological polar surface area (TPSA) is 43.4 Å². The predicted molar refractivity (Wildman–Crippen MR) is 78.2 cm³/mol. The Bertz CT molecular complexity index is 622. The zero-order valence-corrected chi connectivity index (χ0v) is 12.5. The van der Waals surface area contributed by atoms with Crippen molar-refractivity contribution in [2.45, 2.75) is 11.3 Å². The van der Waals surface area contributed by atoms with Crippen molar-refractivity contribution in [3.05, 3.63) is 60.2 Å². The highest BCUT2D eigenvalue weighted by molar-refractivity contribution is 9.09. The van der Waals surface area contributed by atoms with Crippen LogP contribution in [0.3, 0.4) is 0 Å². The van der Waals surface area contributed by atoms with E-state index in [-0.39, 0.29) is 4.90 Å². The third kappa shape index (κ3) is 3.81. The molecule has 19 heavy (non-hydrogen) atoms. The van der Waals surface area contributed by atoms with Crippen molar-refractivity contribution < 1.29 is 12.6 Å². The quantitative estimate of drug-likeness (QED) is 0.618. The van der Waals surface area contributed by atoms with E-state index in [0.29, 0.717) is 5.75 Å². The molecule has 0 aliphatic heterocycles. The largest absolute Gasteiger partial charge is 0.379 e. The first-order valence-electron chi connectivity index (χ1n) is 5.76. The van der Waals surface area contributed by atoms with E-state index < -0.39 is 10.1 Å². The minimum atomic E-state index is -3.76. The Kier molecular flexibility index (Phi) is 4.61. The van der Waals surface area contributed by atoms with Gasteiger partial charge in [-0.15, -0.1) is 0 Å². The number of alkyl halides is 1. The highest BCUT2D eigenvalue weighted by Crippen LogP contribution is 2.18. The molecule has 2 aromatic rings. The summed E-state index contributed by atoms with van der Waals surface area (Å²) in [5, 5.41) is 0.847. The fraction of sp³-hybridized carbons (Fsp3) is 0.143. The lowest BCUT2D eigenvalue weighted by Gasteiger charge is -2.07. The van der Waals surface area contributed by atoms with Crippen molar-refractivity contribution in [1.82, 2.24) is 0 Å². The van der Waals surface area contributed by atoms with Gasteiger partial charge in [0.1, 0.15) is 10.6 Å². The first-order chi connectivity index (χ1) is 9.12. The second-order valence-corrected chi connectivity index (χ2v) is 6.27. The summed E-state index contributed by atoms with van der Waals surface area (Å²) in [6, 6.07) is 15.2. The maximum Gasteiger partial charge on any atom is 0.339 e. The normalized spacial score (nSPS) is 11.2. The summed E-state index contributed by atoms with van der Waals surface area (Å²) in [5.74, 6) is 0.312. The molecule has 0 atom stereocenters. The Morgan fingerprint density at radius 3 is 2.16 bits per heavy atom. The van der Waals surface area contributed by atoms with E-state index in [1.165, 1.54) is 0 Å². The van der Waals surface area contributed by atoms with E-state index >= 15 is 0 Å². The molecule has 0 heterocycles. The summed E-state index contributed by atoms with van der Waals surface area (Å²) in [4.78, 5) is 0.162. The van der Waals surface area contributed by atoms with Crippen molar-refractivity contribution >= 4 is 26.0 Å². The van der Waals surface area contributed by atoms with Crippen molar-refractivity contribution in [2.75, 3.05) is 5.33 Å². The van der Waals surface area contributed by atoms with Gasteiger partial charge >= 0.3 is 10.1 Å². The van der Waals surface area contributed by atoms with Gasteiger partial charge in [0.2, 0.25) is 0 Å². The number of para-hydroxylation sites is 1. The molecule has 0 amide bonds. The number of hydrogen-bond acceptors (Lipinski definition) is 3. The lowest BCUT2D eigenvalue weighted by atomic mass is 10.2. The van der Waals surface area contributed by atoms with Crippen LogP contribution in [0.25, 0.3) is 0 Å². The Morgan fingerprint density at radius 1 is 0.947 bits per heavy atom. The van der Waals surface area contributed by atoms with Crippen LogP contribution in [0.5, 0.6) is 5.75 Å². The highest BCUT2D eigenvalue weighted by Gasteiger charge is 2.16. The third-order valence-electron chi connectivity index (χ3n) is 2.54. The molecule has 0 saturated carbocycles. The van der Waals surface area contributed by atoms with Crippen LogP contribution >= 0.6 is 15.9 Å². The second kappa shape index (κ2) is 6.21. The molecule has 0 bridgehead atoms. The maximum atomic E-state index is 12.0. The predicted octanol–water partition coefficient (Wildman–Crippen LogP) is 3.39. The van der Waals surface area contributed by atoms with Gasteiger partial charge in [-0.25, -0.2) is 0 Å². The average molecular weight is 341 g/mol. The molecule has 0 aromatic heterocycles. The van der Waals surface area contributed by atoms with Gasteiger partial charge in [-0.1, -0.05) is 46.3 Å². The highest BCUT2D eigenvalue weighted by atomic mass is 79.9. The number of halogens is 1. The van der Waals surface area contributed by atoms with E-state index in [1.54, 1.807) is 54.6 Å². The molecule has 0 aliphatic rings. The third-order valence-corrected chi connectivity index (χ3v) is 4.20. The monoisotopic (exact) mass is 340 g/mol. The van der Waals surface area contributed by atoms with Crippen LogP contribution in [-0.4, -0.2) is 13.7 Å². The molecule has 0 fully saturated rings. The van der Waals surface area contributed by atoms with E-state index in [1.807, 2.05) is 0 Å². The SMILES string of the molecule is O=S(=O)(Oc1ccccc1)c1ccc(CCBr)cc1. The molecule has 2 aromatic carbocycles. The van der Waals surface area contributed by atoms with Gasteiger partial charge in [0.05, 0.1) is 0 Å². The Hall–Kier alpha value is -1.33. The molecule has 5 heteroatoms. The number of rotatable bonds is 5. The van der Waals surface area contributed by atoms with Gasteiger partial charge in [0.15, 0.2) is 0 Å². The molecule has 0 N–H and O–H groups in total. The summed E-state index contributed by atoms with van der Waals surface area (Å²) in [6.07, 6.45) is 0.861. The standard InChI is InChI=1S/C14H13BrO3S/c15-11-10-12-6-8-14(9-7-12)19(16,17)18-13-4-2-1-3-5-13/h1-9H,10-11H2. The fourth-order valence-corrected chi connectivity index (χ4v) is 2.97. The molecule has 0 spiro atoms. The van der Waals surface area contributed by atoms with Gasteiger partial charge in [0, 0.05) is 5.33 Å². The van der Waals surface area contributed by atoms with Gasteiger partial charge in [-0.3, -0.25) is 0 Å². The molecule has 0 saturated heterocycles. The second-order valence-electron chi connectivity index (χ2n) is 3.93. The van der Waals surface area contributed by atoms with E-state index in [0.717, 1.165) is 17.3 Å². The van der Waals surface area contributed by atoms with Gasteiger partial charge in [-0.2, -0.15) is 8.42 Å². The summed E-state index contributed by atoms with van der Waals surface area (Å²) in [5.41, 5.74) is 1.08. The number of aryl methyl sites for hydroxylation is 1. The summed E-state index contributed by atoms with van der Waals surface area (Å²) >= 11 is 3.35. The zero-order valence-electron chi connectivity index (χ0n) is 10.1. The first-order valence-corrected chi connectivity index (χ1v) is 8.29. The van der Waals surface area contributed by atoms with E-state index in [9.17, 15) is 8.42 Å². The lowest BCUT2D eigenvalue weighted by molar-refractivity contribution is 0.486. The van der Waals surface area contributed by atoms with Crippen LogP contribution in [0.1, 0.15) is 5.56 Å². The van der Waals surface area contributed by atoms with Crippen LogP contribution in [0.4, 0.5) is 0 Å². The maximum absolute atomic E-state index is 12.0. The minimum absolute atomic E-state index is 0.162. The van der Waals surface area contributed by atoms with Crippen LogP contribution < -0.4 is 4.18 Å². The molecule has 2 rings (SSSR count). The van der Waals surface area contributed by atoms with Crippen molar-refractivity contribution in [2.24, 2.45) is 0 Å². The van der Waals surface area contributed by atoms with E-state index in [2.05, 4.69) is 15.9 Å². The van der Waals surface area contributed by atoms with Crippen molar-refractivity contribution in [3.8, 4) is 5.75 Å². The minimum Gasteiger partial charge on any atom is -0.379 e. The average Bonchev–Trinajstić information content (AvgIpc) is 2.40. The summed E-state index contributed by atoms with van der Waals surface area (Å²) < 4.78 is 29.1. The van der Waals surface area contributed by atoms with Crippen LogP contribution in [0.15, 0.2) is 59.5 Å². The lowest BCUT2D eigenvalue weighted by Crippen LogP contribution is -2.09. The van der Waals surface area contributed by atoms with Gasteiger partial charge in [-0.05, 0) is 36.2 Å². The number of benzene rings is 2. The van der Waals surface area contributed by atoms with Crippen molar-refractivity contribution in [3.63, 3.8) is 0 Å². The molecule has 0 aliphatic carbocycles. The molecule has 0 unspecified atom stereocenters. The molecular formula is C14H13BrO3S. The van der Waals surface area contributed by atoms with Gasteiger partial charge < -0.3 is 4.18 Å². The summed E-state index contributed by atoms with van der Waals surface area (Å²) in [7, 11) is -3.76. The van der Waals surface area contributed by atoms with Crippen LogP contribution in [0.2, 0.25) is 0 Å². The van der Waals surface area contributed by atoms with E-state index in [4.69, 9.17) is 4.18 Å². The Balaban J connectivity index is 2.20. The summed E-state index contributed by atoms with van der Waals surface area (Å²) in [6.45, 7) is 0. The van der Waals surface area contributed by atoms with Crippen molar-refractivity contribution in [1.29, 1.82) is 0 Å². The molecule has 100 valence electrons. The molecule has 0 radical (unpaired) electrons. The zero-order chi connectivity index (χ0) is 13.7. The molecular weight excluding hydrogens is 328 g/mol. The van der Waals surface area contributed by atoms with Crippen LogP contribution in [-0.2, 0) is 16.5 Å². The van der Waals surface area contributed by atoms with Gasteiger partial charge in [0.25, 0.3) is 0 Å². The fourth-order valence-electron chi connectivity index (χ4n) is 1.58. The Morgan fingerprint density at radius 2 is 1.58 bits per heavy atom. The first kappa shape index (κ1) is 14.1. The Labute approximate surface area is 121 Å². The van der Waals surface area contributed by atoms with Crippen LogP contribution in [0, 0.1) is 0 Å². The smallest absolute Gasteiger partial charge is 0.339 e. The number of hydrogen-bond donors (Lipinski definition) is 0.